The summed E-state index contributed by atoms with van der Waals surface area (Å²) in [5, 5.41) is 7.62. The van der Waals surface area contributed by atoms with Crippen molar-refractivity contribution in [2.75, 3.05) is 7.11 Å². The summed E-state index contributed by atoms with van der Waals surface area (Å²) >= 11 is 3.36. The van der Waals surface area contributed by atoms with Crippen LogP contribution in [0.4, 0.5) is 0 Å². The molecule has 1 N–H and O–H groups in total. The number of aromatic nitrogens is 2. The summed E-state index contributed by atoms with van der Waals surface area (Å²) in [5.74, 6) is -0.359. The SMILES string of the molecule is COC(=O)c1cc(Br)c2cn[nH]c2c1. The summed E-state index contributed by atoms with van der Waals surface area (Å²) in [6.07, 6.45) is 1.69. The van der Waals surface area contributed by atoms with E-state index < -0.39 is 0 Å². The first kappa shape index (κ1) is 9.21. The van der Waals surface area contributed by atoms with Crippen LogP contribution in [0.15, 0.2) is 22.8 Å². The van der Waals surface area contributed by atoms with Crippen LogP contribution in [0.2, 0.25) is 0 Å². The average molecular weight is 255 g/mol. The van der Waals surface area contributed by atoms with Crippen LogP contribution in [0, 0.1) is 0 Å². The molecule has 2 aromatic rings. The highest BCUT2D eigenvalue weighted by Gasteiger charge is 2.09. The summed E-state index contributed by atoms with van der Waals surface area (Å²) in [6.45, 7) is 0. The molecule has 0 amide bonds. The zero-order valence-electron chi connectivity index (χ0n) is 7.37. The Morgan fingerprint density at radius 1 is 1.57 bits per heavy atom. The van der Waals surface area contributed by atoms with Crippen molar-refractivity contribution in [1.29, 1.82) is 0 Å². The first-order chi connectivity index (χ1) is 6.72. The molecule has 0 saturated heterocycles. The number of ether oxygens (including phenoxy) is 1. The fourth-order valence-corrected chi connectivity index (χ4v) is 1.81. The Balaban J connectivity index is 2.64. The topological polar surface area (TPSA) is 55.0 Å². The third-order valence-corrected chi connectivity index (χ3v) is 2.59. The van der Waals surface area contributed by atoms with Crippen LogP contribution < -0.4 is 0 Å². The van der Waals surface area contributed by atoms with Gasteiger partial charge >= 0.3 is 5.97 Å². The van der Waals surface area contributed by atoms with Crippen LogP contribution in [0.3, 0.4) is 0 Å². The molecule has 1 aromatic carbocycles. The van der Waals surface area contributed by atoms with Crippen LogP contribution in [0.25, 0.3) is 10.9 Å². The number of aromatic amines is 1. The van der Waals surface area contributed by atoms with Crippen molar-refractivity contribution in [2.24, 2.45) is 0 Å². The lowest BCUT2D eigenvalue weighted by Gasteiger charge is -2.00. The van der Waals surface area contributed by atoms with Gasteiger partial charge in [-0.2, -0.15) is 5.10 Å². The molecule has 0 saturated carbocycles. The average Bonchev–Trinajstić information content (AvgIpc) is 2.64. The fourth-order valence-electron chi connectivity index (χ4n) is 1.24. The van der Waals surface area contributed by atoms with Gasteiger partial charge in [0.1, 0.15) is 0 Å². The number of methoxy groups -OCH3 is 1. The molecule has 0 aliphatic carbocycles. The van der Waals surface area contributed by atoms with Crippen LogP contribution >= 0.6 is 15.9 Å². The number of benzene rings is 1. The van der Waals surface area contributed by atoms with Gasteiger partial charge in [0.25, 0.3) is 0 Å². The molecule has 0 bridgehead atoms. The molecule has 72 valence electrons. The van der Waals surface area contributed by atoms with Crippen molar-refractivity contribution < 1.29 is 9.53 Å². The van der Waals surface area contributed by atoms with Crippen LogP contribution in [0.5, 0.6) is 0 Å². The van der Waals surface area contributed by atoms with E-state index in [1.807, 2.05) is 0 Å². The lowest BCUT2D eigenvalue weighted by atomic mass is 10.2. The minimum absolute atomic E-state index is 0.359. The third kappa shape index (κ3) is 1.39. The van der Waals surface area contributed by atoms with Crippen molar-refractivity contribution in [3.05, 3.63) is 28.4 Å². The maximum atomic E-state index is 11.3. The normalized spacial score (nSPS) is 10.4. The molecular formula is C9H7BrN2O2. The van der Waals surface area contributed by atoms with Crippen molar-refractivity contribution >= 4 is 32.8 Å². The number of fused-ring (bicyclic) bond motifs is 1. The molecule has 0 aliphatic heterocycles. The molecule has 0 spiro atoms. The van der Waals surface area contributed by atoms with E-state index in [1.165, 1.54) is 7.11 Å². The molecule has 5 heteroatoms. The highest BCUT2D eigenvalue weighted by atomic mass is 79.9. The van der Waals surface area contributed by atoms with Gasteiger partial charge in [0.2, 0.25) is 0 Å². The Bertz CT molecular complexity index is 493. The van der Waals surface area contributed by atoms with E-state index in [0.717, 1.165) is 15.4 Å². The van der Waals surface area contributed by atoms with Crippen molar-refractivity contribution in [3.63, 3.8) is 0 Å². The summed E-state index contributed by atoms with van der Waals surface area (Å²) in [7, 11) is 1.35. The third-order valence-electron chi connectivity index (χ3n) is 1.93. The van der Waals surface area contributed by atoms with Gasteiger partial charge in [-0.3, -0.25) is 5.10 Å². The molecule has 0 unspecified atom stereocenters. The molecule has 1 aromatic heterocycles. The number of hydrogen-bond donors (Lipinski definition) is 1. The van der Waals surface area contributed by atoms with Gasteiger partial charge < -0.3 is 4.74 Å². The van der Waals surface area contributed by atoms with Gasteiger partial charge in [0.05, 0.1) is 24.4 Å². The summed E-state index contributed by atoms with van der Waals surface area (Å²) < 4.78 is 5.45. The molecule has 0 aliphatic rings. The minimum atomic E-state index is -0.359. The van der Waals surface area contributed by atoms with Gasteiger partial charge in [0.15, 0.2) is 0 Å². The van der Waals surface area contributed by atoms with Gasteiger partial charge in [-0.15, -0.1) is 0 Å². The monoisotopic (exact) mass is 254 g/mol. The number of hydrogen-bond acceptors (Lipinski definition) is 3. The highest BCUT2D eigenvalue weighted by molar-refractivity contribution is 9.10. The number of carbonyl (C=O) groups excluding carboxylic acids is 1. The molecule has 2 rings (SSSR count). The van der Waals surface area contributed by atoms with Crippen molar-refractivity contribution in [1.82, 2.24) is 10.2 Å². The molecule has 0 fully saturated rings. The largest absolute Gasteiger partial charge is 0.465 e. The first-order valence-corrected chi connectivity index (χ1v) is 4.72. The summed E-state index contributed by atoms with van der Waals surface area (Å²) in [6, 6.07) is 3.42. The smallest absolute Gasteiger partial charge is 0.337 e. The molecule has 4 nitrogen and oxygen atoms in total. The Morgan fingerprint density at radius 3 is 3.07 bits per heavy atom. The van der Waals surface area contributed by atoms with Gasteiger partial charge in [0, 0.05) is 9.86 Å². The predicted molar refractivity (Wildman–Crippen MR) is 55.1 cm³/mol. The first-order valence-electron chi connectivity index (χ1n) is 3.93. The van der Waals surface area contributed by atoms with E-state index in [2.05, 4.69) is 30.9 Å². The number of carbonyl (C=O) groups is 1. The summed E-state index contributed by atoms with van der Waals surface area (Å²) in [5.41, 5.74) is 1.30. The highest BCUT2D eigenvalue weighted by Crippen LogP contribution is 2.24. The zero-order valence-corrected chi connectivity index (χ0v) is 8.96. The van der Waals surface area contributed by atoms with E-state index in [-0.39, 0.29) is 5.97 Å². The van der Waals surface area contributed by atoms with Crippen LogP contribution in [-0.4, -0.2) is 23.3 Å². The quantitative estimate of drug-likeness (QED) is 0.794. The number of nitrogens with one attached hydrogen (secondary N) is 1. The second kappa shape index (κ2) is 3.42. The van der Waals surface area contributed by atoms with Gasteiger partial charge in [-0.25, -0.2) is 4.79 Å². The summed E-state index contributed by atoms with van der Waals surface area (Å²) in [4.78, 5) is 11.3. The molecule has 1 heterocycles. The zero-order chi connectivity index (χ0) is 10.1. The minimum Gasteiger partial charge on any atom is -0.465 e. The Kier molecular flexibility index (Phi) is 2.25. The number of esters is 1. The lowest BCUT2D eigenvalue weighted by Crippen LogP contribution is -2.00. The number of nitrogens with zero attached hydrogens (tertiary/aromatic N) is 1. The number of halogens is 1. The fraction of sp³-hybridized carbons (Fsp3) is 0.111. The van der Waals surface area contributed by atoms with E-state index in [9.17, 15) is 4.79 Å². The van der Waals surface area contributed by atoms with Crippen LogP contribution in [-0.2, 0) is 4.74 Å². The molecule has 14 heavy (non-hydrogen) atoms. The molecular weight excluding hydrogens is 248 g/mol. The van der Waals surface area contributed by atoms with E-state index in [0.29, 0.717) is 5.56 Å². The number of rotatable bonds is 1. The molecule has 0 radical (unpaired) electrons. The second-order valence-electron chi connectivity index (χ2n) is 2.78. The Hall–Kier alpha value is -1.36. The van der Waals surface area contributed by atoms with Crippen LogP contribution in [0.1, 0.15) is 10.4 Å². The van der Waals surface area contributed by atoms with Crippen molar-refractivity contribution in [3.8, 4) is 0 Å². The van der Waals surface area contributed by atoms with Crippen molar-refractivity contribution in [2.45, 2.75) is 0 Å². The predicted octanol–water partition coefficient (Wildman–Crippen LogP) is 2.11. The van der Waals surface area contributed by atoms with Gasteiger partial charge in [-0.05, 0) is 12.1 Å². The molecule has 0 atom stereocenters. The Morgan fingerprint density at radius 2 is 2.36 bits per heavy atom. The van der Waals surface area contributed by atoms with E-state index in [4.69, 9.17) is 0 Å². The standard InChI is InChI=1S/C9H7BrN2O2/c1-14-9(13)5-2-7(10)6-4-11-12-8(6)3-5/h2-4H,1H3,(H,11,12). The lowest BCUT2D eigenvalue weighted by molar-refractivity contribution is 0.0601. The van der Waals surface area contributed by atoms with E-state index in [1.54, 1.807) is 18.3 Å². The Labute approximate surface area is 88.4 Å². The second-order valence-corrected chi connectivity index (χ2v) is 3.64. The maximum Gasteiger partial charge on any atom is 0.337 e. The maximum absolute atomic E-state index is 11.3. The van der Waals surface area contributed by atoms with E-state index >= 15 is 0 Å². The van der Waals surface area contributed by atoms with Gasteiger partial charge in [-0.1, -0.05) is 15.9 Å². The number of H-pyrrole nitrogens is 1.